The predicted molar refractivity (Wildman–Crippen MR) is 84.9 cm³/mol. The maximum atomic E-state index is 10.8. The minimum Gasteiger partial charge on any atom is -0.481 e. The van der Waals surface area contributed by atoms with Gasteiger partial charge in [0.25, 0.3) is 0 Å². The number of imidazole rings is 1. The maximum Gasteiger partial charge on any atom is 0.313 e. The number of nitrogens with zero attached hydrogens (tertiary/aromatic N) is 2. The van der Waals surface area contributed by atoms with E-state index in [1.165, 1.54) is 22.9 Å². The summed E-state index contributed by atoms with van der Waals surface area (Å²) in [6.45, 7) is 4.98. The molecule has 0 aliphatic rings. The molecule has 0 amide bonds. The number of aliphatic carboxylic acids is 1. The minimum atomic E-state index is -0.818. The third kappa shape index (κ3) is 3.88. The topological polar surface area (TPSA) is 55.1 Å². The van der Waals surface area contributed by atoms with E-state index in [1.807, 2.05) is 12.3 Å². The molecule has 1 N–H and O–H groups in total. The van der Waals surface area contributed by atoms with Crippen LogP contribution in [-0.4, -0.2) is 26.4 Å². The van der Waals surface area contributed by atoms with Crippen molar-refractivity contribution in [2.24, 2.45) is 0 Å². The first kappa shape index (κ1) is 15.6. The normalized spacial score (nSPS) is 10.8. The van der Waals surface area contributed by atoms with E-state index in [0.29, 0.717) is 0 Å². The van der Waals surface area contributed by atoms with E-state index in [2.05, 4.69) is 41.6 Å². The summed E-state index contributed by atoms with van der Waals surface area (Å²) in [5.41, 5.74) is 3.72. The molecular formula is C16H20N2O2S. The number of aromatic nitrogens is 2. The summed E-state index contributed by atoms with van der Waals surface area (Å²) in [5.74, 6) is -0.781. The van der Waals surface area contributed by atoms with Gasteiger partial charge in [0, 0.05) is 11.9 Å². The van der Waals surface area contributed by atoms with E-state index in [0.717, 1.165) is 30.2 Å². The molecule has 0 saturated heterocycles. The summed E-state index contributed by atoms with van der Waals surface area (Å²) < 4.78 is 2.13. The van der Waals surface area contributed by atoms with Crippen LogP contribution in [-0.2, 0) is 24.2 Å². The number of benzene rings is 1. The molecule has 0 bridgehead atoms. The Kier molecular flexibility index (Phi) is 5.44. The van der Waals surface area contributed by atoms with Gasteiger partial charge in [-0.05, 0) is 24.0 Å². The maximum absolute atomic E-state index is 10.8. The molecule has 4 nitrogen and oxygen atoms in total. The van der Waals surface area contributed by atoms with Crippen LogP contribution in [0, 0.1) is 0 Å². The van der Waals surface area contributed by atoms with Gasteiger partial charge in [-0.2, -0.15) is 0 Å². The van der Waals surface area contributed by atoms with Crippen molar-refractivity contribution < 1.29 is 9.90 Å². The molecule has 2 rings (SSSR count). The molecule has 0 aliphatic carbocycles. The van der Waals surface area contributed by atoms with Gasteiger partial charge in [-0.1, -0.05) is 49.9 Å². The minimum absolute atomic E-state index is 0.0373. The average molecular weight is 304 g/mol. The highest BCUT2D eigenvalue weighted by atomic mass is 32.2. The molecule has 1 aromatic heterocycles. The second kappa shape index (κ2) is 7.31. The van der Waals surface area contributed by atoms with Crippen LogP contribution >= 0.6 is 11.8 Å². The second-order valence-electron chi connectivity index (χ2n) is 4.78. The van der Waals surface area contributed by atoms with Crippen LogP contribution in [0.3, 0.4) is 0 Å². The Morgan fingerprint density at radius 2 is 1.95 bits per heavy atom. The molecule has 0 fully saturated rings. The lowest BCUT2D eigenvalue weighted by Crippen LogP contribution is -2.08. The van der Waals surface area contributed by atoms with Crippen LogP contribution in [0.15, 0.2) is 35.6 Å². The monoisotopic (exact) mass is 304 g/mol. The third-order valence-corrected chi connectivity index (χ3v) is 4.39. The number of thioether (sulfide) groups is 1. The van der Waals surface area contributed by atoms with Crippen molar-refractivity contribution >= 4 is 17.7 Å². The summed E-state index contributed by atoms with van der Waals surface area (Å²) >= 11 is 1.28. The molecule has 5 heteroatoms. The van der Waals surface area contributed by atoms with E-state index >= 15 is 0 Å². The molecular weight excluding hydrogens is 284 g/mol. The zero-order valence-corrected chi connectivity index (χ0v) is 13.2. The molecule has 0 saturated carbocycles. The number of hydrogen-bond donors (Lipinski definition) is 1. The molecule has 1 aromatic carbocycles. The summed E-state index contributed by atoms with van der Waals surface area (Å²) in [5, 5.41) is 9.62. The Hall–Kier alpha value is -1.75. The van der Waals surface area contributed by atoms with Gasteiger partial charge in [-0.15, -0.1) is 0 Å². The van der Waals surface area contributed by atoms with Crippen molar-refractivity contribution in [1.29, 1.82) is 0 Å². The molecule has 0 unspecified atom stereocenters. The van der Waals surface area contributed by atoms with Crippen molar-refractivity contribution in [3.63, 3.8) is 0 Å². The number of carbonyl (C=O) groups is 1. The zero-order valence-electron chi connectivity index (χ0n) is 12.4. The summed E-state index contributed by atoms with van der Waals surface area (Å²) in [7, 11) is 0. The quantitative estimate of drug-likeness (QED) is 0.798. The average Bonchev–Trinajstić information content (AvgIpc) is 2.87. The fraction of sp³-hybridized carbons (Fsp3) is 0.375. The number of aryl methyl sites for hydroxylation is 2. The van der Waals surface area contributed by atoms with Gasteiger partial charge in [-0.25, -0.2) is 4.98 Å². The molecule has 21 heavy (non-hydrogen) atoms. The van der Waals surface area contributed by atoms with Gasteiger partial charge in [0.1, 0.15) is 0 Å². The lowest BCUT2D eigenvalue weighted by atomic mass is 10.1. The van der Waals surface area contributed by atoms with Crippen LogP contribution in [0.25, 0.3) is 0 Å². The second-order valence-corrected chi connectivity index (χ2v) is 5.72. The first-order chi connectivity index (χ1) is 10.2. The van der Waals surface area contributed by atoms with Gasteiger partial charge in [0.2, 0.25) is 0 Å². The van der Waals surface area contributed by atoms with E-state index in [1.54, 1.807) is 0 Å². The molecule has 2 aromatic rings. The van der Waals surface area contributed by atoms with Gasteiger partial charge in [0.05, 0.1) is 12.3 Å². The van der Waals surface area contributed by atoms with Crippen molar-refractivity contribution in [2.75, 3.05) is 5.75 Å². The van der Waals surface area contributed by atoms with Gasteiger partial charge < -0.3 is 9.67 Å². The van der Waals surface area contributed by atoms with Crippen LogP contribution in [0.2, 0.25) is 0 Å². The number of carboxylic acid groups (broad SMARTS) is 1. The van der Waals surface area contributed by atoms with E-state index in [-0.39, 0.29) is 5.75 Å². The zero-order chi connectivity index (χ0) is 15.2. The van der Waals surface area contributed by atoms with Crippen LogP contribution in [0.4, 0.5) is 0 Å². The fourth-order valence-corrected chi connectivity index (χ4v) is 3.03. The number of carboxylic acids is 1. The summed E-state index contributed by atoms with van der Waals surface area (Å²) in [4.78, 5) is 15.1. The fourth-order valence-electron chi connectivity index (χ4n) is 2.31. The van der Waals surface area contributed by atoms with Crippen LogP contribution < -0.4 is 0 Å². The summed E-state index contributed by atoms with van der Waals surface area (Å²) in [6.07, 6.45) is 3.72. The highest BCUT2D eigenvalue weighted by molar-refractivity contribution is 7.99. The Bertz CT molecular complexity index is 622. The standard InChI is InChI=1S/C16H20N2O2S/c1-3-12-7-5-6-8-13(12)10-18-14(4-2)9-17-16(18)21-11-15(19)20/h5-9H,3-4,10-11H2,1-2H3,(H,19,20). The van der Waals surface area contributed by atoms with Crippen molar-refractivity contribution in [1.82, 2.24) is 9.55 Å². The SMILES string of the molecule is CCc1ccccc1Cn1c(CC)cnc1SCC(=O)O. The highest BCUT2D eigenvalue weighted by Crippen LogP contribution is 2.22. The van der Waals surface area contributed by atoms with Gasteiger partial charge in [0.15, 0.2) is 5.16 Å². The molecule has 0 radical (unpaired) electrons. The van der Waals surface area contributed by atoms with Crippen LogP contribution in [0.1, 0.15) is 30.7 Å². The molecule has 112 valence electrons. The van der Waals surface area contributed by atoms with Crippen LogP contribution in [0.5, 0.6) is 0 Å². The van der Waals surface area contributed by atoms with Crippen molar-refractivity contribution in [2.45, 2.75) is 38.4 Å². The van der Waals surface area contributed by atoms with Crippen molar-refractivity contribution in [3.05, 3.63) is 47.3 Å². The van der Waals surface area contributed by atoms with E-state index in [4.69, 9.17) is 5.11 Å². The van der Waals surface area contributed by atoms with Gasteiger partial charge >= 0.3 is 5.97 Å². The van der Waals surface area contributed by atoms with E-state index in [9.17, 15) is 4.79 Å². The largest absolute Gasteiger partial charge is 0.481 e. The lowest BCUT2D eigenvalue weighted by molar-refractivity contribution is -0.133. The van der Waals surface area contributed by atoms with Gasteiger partial charge in [-0.3, -0.25) is 4.79 Å². The smallest absolute Gasteiger partial charge is 0.313 e. The Morgan fingerprint density at radius 1 is 1.24 bits per heavy atom. The Balaban J connectivity index is 2.28. The third-order valence-electron chi connectivity index (χ3n) is 3.42. The summed E-state index contributed by atoms with van der Waals surface area (Å²) in [6, 6.07) is 8.37. The first-order valence-corrected chi connectivity index (χ1v) is 8.10. The predicted octanol–water partition coefficient (Wildman–Crippen LogP) is 3.23. The van der Waals surface area contributed by atoms with E-state index < -0.39 is 5.97 Å². The lowest BCUT2D eigenvalue weighted by Gasteiger charge is -2.13. The molecule has 0 aliphatic heterocycles. The van der Waals surface area contributed by atoms with Crippen molar-refractivity contribution in [3.8, 4) is 0 Å². The first-order valence-electron chi connectivity index (χ1n) is 7.11. The molecule has 0 spiro atoms. The Morgan fingerprint density at radius 3 is 2.57 bits per heavy atom. The molecule has 1 heterocycles. The molecule has 0 atom stereocenters. The number of rotatable bonds is 7. The highest BCUT2D eigenvalue weighted by Gasteiger charge is 2.12. The number of hydrogen-bond acceptors (Lipinski definition) is 3. The Labute approximate surface area is 129 Å².